The van der Waals surface area contributed by atoms with Crippen LogP contribution in [0.2, 0.25) is 5.02 Å². The van der Waals surface area contributed by atoms with Crippen molar-refractivity contribution in [2.75, 3.05) is 5.32 Å². The molecule has 140 valence electrons. The van der Waals surface area contributed by atoms with Crippen molar-refractivity contribution < 1.29 is 9.18 Å². The highest BCUT2D eigenvalue weighted by Gasteiger charge is 2.15. The lowest BCUT2D eigenvalue weighted by atomic mass is 10.2. The summed E-state index contributed by atoms with van der Waals surface area (Å²) in [5, 5.41) is 2.46. The first-order valence-electron chi connectivity index (χ1n) is 8.03. The van der Waals surface area contributed by atoms with Crippen molar-refractivity contribution in [1.82, 2.24) is 18.9 Å². The van der Waals surface area contributed by atoms with E-state index in [2.05, 4.69) is 19.7 Å². The minimum Gasteiger partial charge on any atom is -0.324 e. The quantitative estimate of drug-likeness (QED) is 0.552. The van der Waals surface area contributed by atoms with Crippen molar-refractivity contribution in [3.05, 3.63) is 70.2 Å². The van der Waals surface area contributed by atoms with E-state index in [-0.39, 0.29) is 17.1 Å². The Morgan fingerprint density at radius 1 is 1.25 bits per heavy atom. The van der Waals surface area contributed by atoms with Gasteiger partial charge < -0.3 is 5.32 Å². The van der Waals surface area contributed by atoms with Crippen molar-refractivity contribution in [3.63, 3.8) is 0 Å². The molecule has 4 rings (SSSR count). The lowest BCUT2D eigenvalue weighted by Crippen LogP contribution is -2.27. The van der Waals surface area contributed by atoms with Gasteiger partial charge in [-0.05, 0) is 41.9 Å². The molecular weight excluding hydrogens is 405 g/mol. The summed E-state index contributed by atoms with van der Waals surface area (Å²) in [4.78, 5) is 33.2. The molecule has 1 N–H and O–H groups in total. The third-order valence-electron chi connectivity index (χ3n) is 3.92. The average Bonchev–Trinajstić information content (AvgIpc) is 3.12. The molecule has 28 heavy (non-hydrogen) atoms. The molecule has 3 aromatic heterocycles. The number of pyridine rings is 1. The number of hydrogen-bond donors (Lipinski definition) is 1. The standard InChI is InChI=1S/C18H11ClFN5O2S/c19-12-7-11(1-2-13(12)20)23-14(26)8-25-9-22-16-15(10-3-5-21-6-4-10)24-28-17(16)18(25)27/h1-7,9H,8H2,(H,23,26). The van der Waals surface area contributed by atoms with Gasteiger partial charge in [0, 0.05) is 23.6 Å². The van der Waals surface area contributed by atoms with Gasteiger partial charge in [0.15, 0.2) is 0 Å². The number of rotatable bonds is 4. The van der Waals surface area contributed by atoms with E-state index in [4.69, 9.17) is 11.6 Å². The second-order valence-corrected chi connectivity index (χ2v) is 6.98. The molecule has 1 aromatic carbocycles. The molecule has 3 heterocycles. The molecule has 7 nitrogen and oxygen atoms in total. The minimum absolute atomic E-state index is 0.105. The third-order valence-corrected chi connectivity index (χ3v) is 5.03. The fraction of sp³-hybridized carbons (Fsp3) is 0.0556. The van der Waals surface area contributed by atoms with Crippen LogP contribution in [0, 0.1) is 5.82 Å². The van der Waals surface area contributed by atoms with Crippen LogP contribution >= 0.6 is 23.1 Å². The van der Waals surface area contributed by atoms with Crippen LogP contribution in [0.25, 0.3) is 21.5 Å². The largest absolute Gasteiger partial charge is 0.324 e. The number of amides is 1. The lowest BCUT2D eigenvalue weighted by Gasteiger charge is -2.08. The predicted octanol–water partition coefficient (Wildman–Crippen LogP) is 3.35. The summed E-state index contributed by atoms with van der Waals surface area (Å²) >= 11 is 6.73. The molecule has 0 saturated carbocycles. The maximum atomic E-state index is 13.2. The average molecular weight is 416 g/mol. The first-order valence-corrected chi connectivity index (χ1v) is 9.18. The zero-order valence-electron chi connectivity index (χ0n) is 14.1. The number of benzene rings is 1. The van der Waals surface area contributed by atoms with E-state index >= 15 is 0 Å². The number of anilines is 1. The summed E-state index contributed by atoms with van der Waals surface area (Å²) in [7, 11) is 0. The Kier molecular flexibility index (Phi) is 4.84. The van der Waals surface area contributed by atoms with Crippen LogP contribution in [0.1, 0.15) is 0 Å². The molecule has 0 saturated heterocycles. The van der Waals surface area contributed by atoms with Gasteiger partial charge in [0.25, 0.3) is 5.56 Å². The van der Waals surface area contributed by atoms with Gasteiger partial charge in [-0.2, -0.15) is 4.37 Å². The second-order valence-electron chi connectivity index (χ2n) is 5.80. The van der Waals surface area contributed by atoms with Crippen molar-refractivity contribution in [2.45, 2.75) is 6.54 Å². The van der Waals surface area contributed by atoms with E-state index < -0.39 is 11.7 Å². The normalized spacial score (nSPS) is 10.9. The summed E-state index contributed by atoms with van der Waals surface area (Å²) < 4.78 is 19.1. The molecule has 4 aromatic rings. The maximum Gasteiger partial charge on any atom is 0.273 e. The van der Waals surface area contributed by atoms with E-state index in [1.54, 1.807) is 24.5 Å². The molecule has 0 bridgehead atoms. The van der Waals surface area contributed by atoms with Gasteiger partial charge in [-0.15, -0.1) is 0 Å². The summed E-state index contributed by atoms with van der Waals surface area (Å²) in [6, 6.07) is 7.39. The molecule has 0 atom stereocenters. The van der Waals surface area contributed by atoms with Crippen LogP contribution in [0.15, 0.2) is 53.8 Å². The molecular formula is C18H11ClFN5O2S. The van der Waals surface area contributed by atoms with Crippen molar-refractivity contribution in [2.24, 2.45) is 0 Å². The molecule has 0 unspecified atom stereocenters. The van der Waals surface area contributed by atoms with Gasteiger partial charge in [0.05, 0.1) is 11.3 Å². The van der Waals surface area contributed by atoms with Gasteiger partial charge in [-0.1, -0.05) is 11.6 Å². The minimum atomic E-state index is -0.583. The van der Waals surface area contributed by atoms with Crippen LogP contribution in [0.3, 0.4) is 0 Å². The SMILES string of the molecule is O=C(Cn1cnc2c(-c3ccncc3)nsc2c1=O)Nc1ccc(F)c(Cl)c1. The number of fused-ring (bicyclic) bond motifs is 1. The Morgan fingerprint density at radius 3 is 2.79 bits per heavy atom. The Balaban J connectivity index is 1.59. The van der Waals surface area contributed by atoms with Crippen LogP contribution in [0.4, 0.5) is 10.1 Å². The number of carbonyl (C=O) groups is 1. The Hall–Kier alpha value is -3.17. The Morgan fingerprint density at radius 2 is 2.04 bits per heavy atom. The zero-order valence-corrected chi connectivity index (χ0v) is 15.7. The predicted molar refractivity (Wildman–Crippen MR) is 105 cm³/mol. The molecule has 0 aliphatic heterocycles. The number of hydrogen-bond acceptors (Lipinski definition) is 6. The van der Waals surface area contributed by atoms with Crippen molar-refractivity contribution in [3.8, 4) is 11.3 Å². The number of nitrogens with one attached hydrogen (secondary N) is 1. The molecule has 1 amide bonds. The van der Waals surface area contributed by atoms with E-state index in [0.717, 1.165) is 23.2 Å². The van der Waals surface area contributed by atoms with Crippen LogP contribution in [-0.4, -0.2) is 24.8 Å². The van der Waals surface area contributed by atoms with Gasteiger partial charge in [0.2, 0.25) is 5.91 Å². The van der Waals surface area contributed by atoms with E-state index in [0.29, 0.717) is 21.6 Å². The number of carbonyl (C=O) groups excluding carboxylic acids is 1. The summed E-state index contributed by atoms with van der Waals surface area (Å²) in [6.45, 7) is -0.251. The Bertz CT molecular complexity index is 1240. The molecule has 0 radical (unpaired) electrons. The molecule has 0 spiro atoms. The molecule has 10 heteroatoms. The van der Waals surface area contributed by atoms with E-state index in [9.17, 15) is 14.0 Å². The van der Waals surface area contributed by atoms with Gasteiger partial charge >= 0.3 is 0 Å². The topological polar surface area (TPSA) is 89.8 Å². The second kappa shape index (κ2) is 7.45. The molecule has 0 aliphatic carbocycles. The van der Waals surface area contributed by atoms with E-state index in [1.165, 1.54) is 23.0 Å². The molecule has 0 aliphatic rings. The lowest BCUT2D eigenvalue weighted by molar-refractivity contribution is -0.116. The van der Waals surface area contributed by atoms with Gasteiger partial charge in [0.1, 0.15) is 28.3 Å². The summed E-state index contributed by atoms with van der Waals surface area (Å²) in [5.74, 6) is -1.05. The summed E-state index contributed by atoms with van der Waals surface area (Å²) in [5.41, 5.74) is 1.84. The van der Waals surface area contributed by atoms with Crippen LogP contribution in [0.5, 0.6) is 0 Å². The summed E-state index contributed by atoms with van der Waals surface area (Å²) in [6.07, 6.45) is 4.57. The van der Waals surface area contributed by atoms with E-state index in [1.807, 2.05) is 0 Å². The third kappa shape index (κ3) is 3.49. The van der Waals surface area contributed by atoms with Crippen molar-refractivity contribution >= 4 is 44.9 Å². The molecule has 0 fully saturated rings. The monoisotopic (exact) mass is 415 g/mol. The van der Waals surface area contributed by atoms with Crippen LogP contribution < -0.4 is 10.9 Å². The fourth-order valence-corrected chi connectivity index (χ4v) is 3.58. The smallest absolute Gasteiger partial charge is 0.273 e. The van der Waals surface area contributed by atoms with Crippen molar-refractivity contribution in [1.29, 1.82) is 0 Å². The number of nitrogens with zero attached hydrogens (tertiary/aromatic N) is 4. The van der Waals surface area contributed by atoms with Gasteiger partial charge in [-0.3, -0.25) is 19.1 Å². The maximum absolute atomic E-state index is 13.2. The zero-order chi connectivity index (χ0) is 19.7. The van der Waals surface area contributed by atoms with Crippen LogP contribution in [-0.2, 0) is 11.3 Å². The first-order chi connectivity index (χ1) is 13.5. The van der Waals surface area contributed by atoms with Gasteiger partial charge in [-0.25, -0.2) is 9.37 Å². The highest BCUT2D eigenvalue weighted by Crippen LogP contribution is 2.26. The first kappa shape index (κ1) is 18.2. The number of halogens is 2. The number of aromatic nitrogens is 4. The Labute approximate surface area is 166 Å². The highest BCUT2D eigenvalue weighted by molar-refractivity contribution is 7.13. The highest BCUT2D eigenvalue weighted by atomic mass is 35.5. The fourth-order valence-electron chi connectivity index (χ4n) is 2.60.